The van der Waals surface area contributed by atoms with Crippen molar-refractivity contribution < 1.29 is 0 Å². The van der Waals surface area contributed by atoms with Crippen LogP contribution in [0, 0.1) is 6.92 Å². The van der Waals surface area contributed by atoms with E-state index in [1.165, 1.54) is 29.8 Å². The highest BCUT2D eigenvalue weighted by atomic mass is 15.1. The van der Waals surface area contributed by atoms with Crippen molar-refractivity contribution in [1.82, 2.24) is 0 Å². The van der Waals surface area contributed by atoms with E-state index in [9.17, 15) is 0 Å². The Morgan fingerprint density at radius 3 is 2.40 bits per heavy atom. The zero-order valence-electron chi connectivity index (χ0n) is 12.0. The second-order valence-electron chi connectivity index (χ2n) is 5.61. The number of nitrogens with zero attached hydrogens (tertiary/aromatic N) is 1. The lowest BCUT2D eigenvalue weighted by molar-refractivity contribution is 0.527. The summed E-state index contributed by atoms with van der Waals surface area (Å²) < 4.78 is 0. The fourth-order valence-corrected chi connectivity index (χ4v) is 2.89. The fraction of sp³-hybridized carbons (Fsp3) is 0.333. The zero-order valence-corrected chi connectivity index (χ0v) is 12.0. The van der Waals surface area contributed by atoms with Gasteiger partial charge >= 0.3 is 0 Å². The molecule has 0 spiro atoms. The Kier molecular flexibility index (Phi) is 3.91. The standard InChI is InChI=1S/C18H22N2/c1-15-6-5-7-17(14-15)19-16-10-12-20(13-11-16)18-8-3-2-4-9-18/h2-9,14,16,19H,10-13H2,1H3. The van der Waals surface area contributed by atoms with Crippen LogP contribution in [-0.2, 0) is 0 Å². The first-order chi connectivity index (χ1) is 9.81. The van der Waals surface area contributed by atoms with Crippen LogP contribution in [0.4, 0.5) is 11.4 Å². The number of aryl methyl sites for hydroxylation is 1. The highest BCUT2D eigenvalue weighted by Crippen LogP contribution is 2.22. The molecule has 3 rings (SSSR count). The smallest absolute Gasteiger partial charge is 0.0366 e. The number of hydrogen-bond donors (Lipinski definition) is 1. The molecule has 2 aromatic rings. The molecule has 2 heteroatoms. The van der Waals surface area contributed by atoms with E-state index in [1.807, 2.05) is 0 Å². The van der Waals surface area contributed by atoms with Gasteiger partial charge < -0.3 is 10.2 Å². The first-order valence-electron chi connectivity index (χ1n) is 7.44. The summed E-state index contributed by atoms with van der Waals surface area (Å²) in [6.45, 7) is 4.41. The first kappa shape index (κ1) is 13.0. The van der Waals surface area contributed by atoms with Crippen LogP contribution < -0.4 is 10.2 Å². The lowest BCUT2D eigenvalue weighted by Crippen LogP contribution is -2.39. The maximum absolute atomic E-state index is 3.67. The van der Waals surface area contributed by atoms with Crippen LogP contribution in [0.5, 0.6) is 0 Å². The Labute approximate surface area is 121 Å². The van der Waals surface area contributed by atoms with Crippen LogP contribution in [-0.4, -0.2) is 19.1 Å². The summed E-state index contributed by atoms with van der Waals surface area (Å²) in [7, 11) is 0. The van der Waals surface area contributed by atoms with Crippen LogP contribution in [0.2, 0.25) is 0 Å². The van der Waals surface area contributed by atoms with Gasteiger partial charge in [0.2, 0.25) is 0 Å². The average molecular weight is 266 g/mol. The molecule has 1 N–H and O–H groups in total. The Bertz CT molecular complexity index is 542. The number of para-hydroxylation sites is 1. The lowest BCUT2D eigenvalue weighted by Gasteiger charge is -2.34. The number of hydrogen-bond acceptors (Lipinski definition) is 2. The Morgan fingerprint density at radius 2 is 1.70 bits per heavy atom. The van der Waals surface area contributed by atoms with E-state index < -0.39 is 0 Å². The zero-order chi connectivity index (χ0) is 13.8. The van der Waals surface area contributed by atoms with Crippen LogP contribution >= 0.6 is 0 Å². The topological polar surface area (TPSA) is 15.3 Å². The fourth-order valence-electron chi connectivity index (χ4n) is 2.89. The Hall–Kier alpha value is -1.96. The molecule has 0 saturated carbocycles. The molecule has 2 nitrogen and oxygen atoms in total. The van der Waals surface area contributed by atoms with Crippen molar-refractivity contribution in [3.63, 3.8) is 0 Å². The molecule has 20 heavy (non-hydrogen) atoms. The van der Waals surface area contributed by atoms with Gasteiger partial charge in [-0.2, -0.15) is 0 Å². The predicted octanol–water partition coefficient (Wildman–Crippen LogP) is 4.08. The van der Waals surface area contributed by atoms with E-state index in [2.05, 4.69) is 71.7 Å². The van der Waals surface area contributed by atoms with E-state index in [4.69, 9.17) is 0 Å². The molecule has 0 amide bonds. The molecule has 0 unspecified atom stereocenters. The highest BCUT2D eigenvalue weighted by Gasteiger charge is 2.18. The SMILES string of the molecule is Cc1cccc(NC2CCN(c3ccccc3)CC2)c1. The van der Waals surface area contributed by atoms with Gasteiger partial charge in [0.05, 0.1) is 0 Å². The molecule has 1 fully saturated rings. The molecule has 1 saturated heterocycles. The van der Waals surface area contributed by atoms with Gasteiger partial charge in [0.15, 0.2) is 0 Å². The van der Waals surface area contributed by atoms with Crippen LogP contribution in [0.3, 0.4) is 0 Å². The van der Waals surface area contributed by atoms with Crippen molar-refractivity contribution >= 4 is 11.4 Å². The van der Waals surface area contributed by atoms with Crippen molar-refractivity contribution in [1.29, 1.82) is 0 Å². The summed E-state index contributed by atoms with van der Waals surface area (Å²) >= 11 is 0. The largest absolute Gasteiger partial charge is 0.382 e. The van der Waals surface area contributed by atoms with Gasteiger partial charge in [-0.05, 0) is 49.6 Å². The van der Waals surface area contributed by atoms with Gasteiger partial charge in [-0.1, -0.05) is 30.3 Å². The third kappa shape index (κ3) is 3.13. The molecule has 0 aromatic heterocycles. The van der Waals surface area contributed by atoms with Crippen LogP contribution in [0.1, 0.15) is 18.4 Å². The second kappa shape index (κ2) is 6.00. The number of piperidine rings is 1. The van der Waals surface area contributed by atoms with Gasteiger partial charge in [0.1, 0.15) is 0 Å². The van der Waals surface area contributed by atoms with E-state index in [1.54, 1.807) is 0 Å². The van der Waals surface area contributed by atoms with E-state index in [0.29, 0.717) is 6.04 Å². The number of benzene rings is 2. The molecular formula is C18H22N2. The van der Waals surface area contributed by atoms with Crippen molar-refractivity contribution in [2.24, 2.45) is 0 Å². The molecular weight excluding hydrogens is 244 g/mol. The molecule has 1 aliphatic heterocycles. The molecule has 104 valence electrons. The van der Waals surface area contributed by atoms with Crippen LogP contribution in [0.15, 0.2) is 54.6 Å². The number of anilines is 2. The minimum absolute atomic E-state index is 0.594. The van der Waals surface area contributed by atoms with E-state index in [0.717, 1.165) is 13.1 Å². The van der Waals surface area contributed by atoms with Crippen molar-refractivity contribution in [2.45, 2.75) is 25.8 Å². The van der Waals surface area contributed by atoms with E-state index in [-0.39, 0.29) is 0 Å². The summed E-state index contributed by atoms with van der Waals surface area (Å²) in [6.07, 6.45) is 2.39. The lowest BCUT2D eigenvalue weighted by atomic mass is 10.0. The maximum Gasteiger partial charge on any atom is 0.0366 e. The van der Waals surface area contributed by atoms with Gasteiger partial charge in [-0.3, -0.25) is 0 Å². The van der Waals surface area contributed by atoms with Gasteiger partial charge in [-0.15, -0.1) is 0 Å². The van der Waals surface area contributed by atoms with Crippen LogP contribution in [0.25, 0.3) is 0 Å². The maximum atomic E-state index is 3.67. The normalized spacial score (nSPS) is 16.1. The number of rotatable bonds is 3. The number of nitrogens with one attached hydrogen (secondary N) is 1. The van der Waals surface area contributed by atoms with Crippen molar-refractivity contribution in [3.05, 3.63) is 60.2 Å². The van der Waals surface area contributed by atoms with Crippen molar-refractivity contribution in [2.75, 3.05) is 23.3 Å². The molecule has 1 heterocycles. The summed E-state index contributed by atoms with van der Waals surface area (Å²) in [5.74, 6) is 0. The molecule has 2 aromatic carbocycles. The highest BCUT2D eigenvalue weighted by molar-refractivity contribution is 5.48. The van der Waals surface area contributed by atoms with Gasteiger partial charge in [-0.25, -0.2) is 0 Å². The average Bonchev–Trinajstić information content (AvgIpc) is 2.49. The monoisotopic (exact) mass is 266 g/mol. The summed E-state index contributed by atoms with van der Waals surface area (Å²) in [4.78, 5) is 2.48. The minimum atomic E-state index is 0.594. The Morgan fingerprint density at radius 1 is 0.950 bits per heavy atom. The molecule has 0 aliphatic carbocycles. The predicted molar refractivity (Wildman–Crippen MR) is 86.5 cm³/mol. The summed E-state index contributed by atoms with van der Waals surface area (Å²) in [6, 6.07) is 20.0. The molecule has 0 radical (unpaired) electrons. The van der Waals surface area contributed by atoms with Crippen molar-refractivity contribution in [3.8, 4) is 0 Å². The minimum Gasteiger partial charge on any atom is -0.382 e. The molecule has 1 aliphatic rings. The molecule has 0 atom stereocenters. The van der Waals surface area contributed by atoms with E-state index >= 15 is 0 Å². The molecule has 0 bridgehead atoms. The van der Waals surface area contributed by atoms with Gasteiger partial charge in [0.25, 0.3) is 0 Å². The summed E-state index contributed by atoms with van der Waals surface area (Å²) in [5, 5.41) is 3.67. The first-order valence-corrected chi connectivity index (χ1v) is 7.44. The second-order valence-corrected chi connectivity index (χ2v) is 5.61. The Balaban J connectivity index is 1.56. The summed E-state index contributed by atoms with van der Waals surface area (Å²) in [5.41, 5.74) is 3.92. The quantitative estimate of drug-likeness (QED) is 0.900. The third-order valence-electron chi connectivity index (χ3n) is 4.01. The van der Waals surface area contributed by atoms with Gasteiger partial charge in [0, 0.05) is 30.5 Å². The third-order valence-corrected chi connectivity index (χ3v) is 4.01.